The fraction of sp³-hybridized carbons (Fsp3) is 0.429. The van der Waals surface area contributed by atoms with Crippen LogP contribution in [-0.2, 0) is 0 Å². The number of amides is 1. The Morgan fingerprint density at radius 1 is 1.19 bits per heavy atom. The normalized spacial score (nSPS) is 23.3. The Morgan fingerprint density at radius 3 is 2.81 bits per heavy atom. The smallest absolute Gasteiger partial charge is 0.291 e. The molecule has 6 heteroatoms. The molecule has 1 saturated carbocycles. The van der Waals surface area contributed by atoms with Crippen LogP contribution in [0, 0.1) is 0 Å². The summed E-state index contributed by atoms with van der Waals surface area (Å²) in [6.07, 6.45) is 8.08. The molecule has 0 bridgehead atoms. The molecule has 0 radical (unpaired) electrons. The summed E-state index contributed by atoms with van der Waals surface area (Å²) in [6, 6.07) is 10.0. The minimum atomic E-state index is -0.229. The van der Waals surface area contributed by atoms with Gasteiger partial charge in [-0.3, -0.25) is 4.79 Å². The van der Waals surface area contributed by atoms with Crippen molar-refractivity contribution in [3.05, 3.63) is 47.4 Å². The number of nitrogens with zero attached hydrogens (tertiary/aromatic N) is 2. The van der Waals surface area contributed by atoms with Gasteiger partial charge >= 0.3 is 0 Å². The number of fused-ring (bicyclic) bond motifs is 1. The molecule has 0 spiro atoms. The summed E-state index contributed by atoms with van der Waals surface area (Å²) >= 11 is 1.76. The predicted molar refractivity (Wildman–Crippen MR) is 107 cm³/mol. The van der Waals surface area contributed by atoms with Gasteiger partial charge in [-0.25, -0.2) is 4.98 Å². The van der Waals surface area contributed by atoms with Gasteiger partial charge in [0.2, 0.25) is 0 Å². The minimum absolute atomic E-state index is 0.229. The summed E-state index contributed by atoms with van der Waals surface area (Å²) in [5.41, 5.74) is 1.80. The van der Waals surface area contributed by atoms with E-state index in [-0.39, 0.29) is 5.91 Å². The molecule has 3 heterocycles. The van der Waals surface area contributed by atoms with Crippen molar-refractivity contribution in [3.63, 3.8) is 0 Å². The Morgan fingerprint density at radius 2 is 2.04 bits per heavy atom. The maximum atomic E-state index is 12.1. The number of thiazole rings is 1. The molecule has 1 aliphatic carbocycles. The molecular formula is C21H23N3O2S. The highest BCUT2D eigenvalue weighted by Gasteiger charge is 2.36. The van der Waals surface area contributed by atoms with Gasteiger partial charge in [0.15, 0.2) is 5.76 Å². The summed E-state index contributed by atoms with van der Waals surface area (Å²) in [4.78, 5) is 19.7. The van der Waals surface area contributed by atoms with Gasteiger partial charge in [-0.15, -0.1) is 11.3 Å². The first kappa shape index (κ1) is 17.0. The summed E-state index contributed by atoms with van der Waals surface area (Å²) in [7, 11) is 0. The number of furan rings is 1. The predicted octanol–water partition coefficient (Wildman–Crippen LogP) is 4.87. The van der Waals surface area contributed by atoms with Crippen LogP contribution in [0.15, 0.2) is 41.0 Å². The third-order valence-electron chi connectivity index (χ3n) is 5.78. The molecule has 27 heavy (non-hydrogen) atoms. The van der Waals surface area contributed by atoms with Crippen LogP contribution in [0.1, 0.15) is 53.6 Å². The summed E-state index contributed by atoms with van der Waals surface area (Å²) < 4.78 is 6.28. The van der Waals surface area contributed by atoms with Crippen LogP contribution in [0.4, 0.5) is 5.69 Å². The van der Waals surface area contributed by atoms with Gasteiger partial charge in [0.25, 0.3) is 5.91 Å². The quantitative estimate of drug-likeness (QED) is 0.700. The average molecular weight is 382 g/mol. The van der Waals surface area contributed by atoms with Gasteiger partial charge in [-0.1, -0.05) is 6.42 Å². The van der Waals surface area contributed by atoms with E-state index < -0.39 is 0 Å². The highest BCUT2D eigenvalue weighted by Crippen LogP contribution is 2.43. The van der Waals surface area contributed by atoms with Crippen molar-refractivity contribution in [2.24, 2.45) is 0 Å². The topological polar surface area (TPSA) is 58.4 Å². The molecule has 1 amide bonds. The van der Waals surface area contributed by atoms with Crippen LogP contribution in [0.3, 0.4) is 0 Å². The standard InChI is InChI=1S/C21H23N3O2S/c25-20(18-5-4-10-26-18)22-15-6-7-17-19(13-15)27-21(23-17)14-11-16(12-14)24-8-2-1-3-9-24/h4-7,10,13-14,16H,1-3,8-9,11-12H2,(H,22,25). The fourth-order valence-corrected chi connectivity index (χ4v) is 5.30. The number of hydrogen-bond donors (Lipinski definition) is 1. The third kappa shape index (κ3) is 3.39. The average Bonchev–Trinajstić information content (AvgIpc) is 3.31. The van der Waals surface area contributed by atoms with E-state index in [1.165, 1.54) is 56.5 Å². The number of benzene rings is 1. The van der Waals surface area contributed by atoms with Crippen LogP contribution in [0.25, 0.3) is 10.2 Å². The van der Waals surface area contributed by atoms with Crippen LogP contribution in [-0.4, -0.2) is 34.9 Å². The second-order valence-corrected chi connectivity index (χ2v) is 8.65. The van der Waals surface area contributed by atoms with Crippen molar-refractivity contribution >= 4 is 33.1 Å². The Labute approximate surface area is 162 Å². The zero-order chi connectivity index (χ0) is 18.2. The number of carbonyl (C=O) groups is 1. The number of carbonyl (C=O) groups excluding carboxylic acids is 1. The summed E-state index contributed by atoms with van der Waals surface area (Å²) in [5.74, 6) is 0.682. The zero-order valence-electron chi connectivity index (χ0n) is 15.2. The lowest BCUT2D eigenvalue weighted by atomic mass is 9.79. The van der Waals surface area contributed by atoms with Crippen molar-refractivity contribution in [2.75, 3.05) is 18.4 Å². The maximum absolute atomic E-state index is 12.1. The first-order valence-corrected chi connectivity index (χ1v) is 10.6. The minimum Gasteiger partial charge on any atom is -0.459 e. The molecule has 2 aromatic heterocycles. The molecule has 1 aliphatic heterocycles. The number of hydrogen-bond acceptors (Lipinski definition) is 5. The molecule has 1 aromatic carbocycles. The Balaban J connectivity index is 1.26. The van der Waals surface area contributed by atoms with Crippen molar-refractivity contribution in [2.45, 2.75) is 44.1 Å². The third-order valence-corrected chi connectivity index (χ3v) is 6.96. The summed E-state index contributed by atoms with van der Waals surface area (Å²) in [6.45, 7) is 2.55. The zero-order valence-corrected chi connectivity index (χ0v) is 16.0. The summed E-state index contributed by atoms with van der Waals surface area (Å²) in [5, 5.41) is 4.14. The lowest BCUT2D eigenvalue weighted by Crippen LogP contribution is -2.46. The van der Waals surface area contributed by atoms with E-state index in [4.69, 9.17) is 9.40 Å². The molecule has 3 aromatic rings. The van der Waals surface area contributed by atoms with E-state index in [0.29, 0.717) is 11.7 Å². The van der Waals surface area contributed by atoms with E-state index in [9.17, 15) is 4.79 Å². The van der Waals surface area contributed by atoms with Crippen molar-refractivity contribution < 1.29 is 9.21 Å². The van der Waals surface area contributed by atoms with E-state index >= 15 is 0 Å². The Kier molecular flexibility index (Phi) is 4.45. The van der Waals surface area contributed by atoms with Gasteiger partial charge in [-0.05, 0) is 69.1 Å². The van der Waals surface area contributed by atoms with Gasteiger partial charge in [-0.2, -0.15) is 0 Å². The maximum Gasteiger partial charge on any atom is 0.291 e. The van der Waals surface area contributed by atoms with Gasteiger partial charge in [0.1, 0.15) is 0 Å². The van der Waals surface area contributed by atoms with E-state index in [1.807, 2.05) is 18.2 Å². The van der Waals surface area contributed by atoms with Crippen LogP contribution >= 0.6 is 11.3 Å². The molecule has 2 aliphatic rings. The number of likely N-dealkylation sites (tertiary alicyclic amines) is 1. The molecule has 5 rings (SSSR count). The SMILES string of the molecule is O=C(Nc1ccc2nc(C3CC(N4CCCCC4)C3)sc2c1)c1ccco1. The second kappa shape index (κ2) is 7.09. The number of anilines is 1. The van der Waals surface area contributed by atoms with Crippen LogP contribution in [0.2, 0.25) is 0 Å². The van der Waals surface area contributed by atoms with Crippen molar-refractivity contribution in [1.29, 1.82) is 0 Å². The molecule has 1 N–H and O–H groups in total. The fourth-order valence-electron chi connectivity index (χ4n) is 4.17. The number of piperidine rings is 1. The highest BCUT2D eigenvalue weighted by molar-refractivity contribution is 7.18. The van der Waals surface area contributed by atoms with Gasteiger partial charge in [0, 0.05) is 17.6 Å². The molecular weight excluding hydrogens is 358 g/mol. The highest BCUT2D eigenvalue weighted by atomic mass is 32.1. The number of rotatable bonds is 4. The first-order chi connectivity index (χ1) is 13.3. The van der Waals surface area contributed by atoms with E-state index in [1.54, 1.807) is 23.5 Å². The number of aromatic nitrogens is 1. The Bertz CT molecular complexity index is 938. The second-order valence-electron chi connectivity index (χ2n) is 7.58. The molecule has 140 valence electrons. The van der Waals surface area contributed by atoms with Crippen molar-refractivity contribution in [1.82, 2.24) is 9.88 Å². The van der Waals surface area contributed by atoms with Crippen LogP contribution < -0.4 is 5.32 Å². The number of nitrogens with one attached hydrogen (secondary N) is 1. The molecule has 0 unspecified atom stereocenters. The largest absolute Gasteiger partial charge is 0.459 e. The van der Waals surface area contributed by atoms with E-state index in [2.05, 4.69) is 10.2 Å². The van der Waals surface area contributed by atoms with Gasteiger partial charge < -0.3 is 14.6 Å². The van der Waals surface area contributed by atoms with E-state index in [0.717, 1.165) is 21.9 Å². The van der Waals surface area contributed by atoms with Crippen molar-refractivity contribution in [3.8, 4) is 0 Å². The first-order valence-electron chi connectivity index (χ1n) is 9.76. The Hall–Kier alpha value is -2.18. The molecule has 2 fully saturated rings. The van der Waals surface area contributed by atoms with Gasteiger partial charge in [0.05, 0.1) is 21.5 Å². The molecule has 5 nitrogen and oxygen atoms in total. The molecule has 0 atom stereocenters. The monoisotopic (exact) mass is 381 g/mol. The van der Waals surface area contributed by atoms with Crippen LogP contribution in [0.5, 0.6) is 0 Å². The lowest BCUT2D eigenvalue weighted by molar-refractivity contribution is 0.0888. The lowest BCUT2D eigenvalue weighted by Gasteiger charge is -2.43. The molecule has 1 saturated heterocycles.